The molecule has 4 aromatic carbocycles. The van der Waals surface area contributed by atoms with E-state index in [1.54, 1.807) is 14.2 Å². The lowest BCUT2D eigenvalue weighted by molar-refractivity contribution is 0.420. The van der Waals surface area contributed by atoms with Crippen LogP contribution in [0.5, 0.6) is 11.5 Å². The maximum atomic E-state index is 6.24. The molecule has 0 spiro atoms. The number of anilines is 1. The molecule has 4 rings (SSSR count). The molecule has 0 radical (unpaired) electrons. The molecule has 0 heterocycles. The Balaban J connectivity index is 1.74. The fraction of sp³-hybridized carbons (Fsp3) is 0.0870. The second-order valence-electron chi connectivity index (χ2n) is 6.32. The van der Waals surface area contributed by atoms with Crippen LogP contribution < -0.4 is 20.5 Å². The molecule has 0 aliphatic heterocycles. The van der Waals surface area contributed by atoms with Crippen molar-refractivity contribution in [1.82, 2.24) is 0 Å². The van der Waals surface area contributed by atoms with Gasteiger partial charge in [-0.3, -0.25) is 0 Å². The Hall–Kier alpha value is -3.73. The molecule has 0 aliphatic carbocycles. The molecule has 0 unspecified atom stereocenters. The van der Waals surface area contributed by atoms with E-state index in [9.17, 15) is 0 Å². The maximum absolute atomic E-state index is 6.24. The van der Waals surface area contributed by atoms with Crippen LogP contribution in [0.4, 0.5) is 11.4 Å². The quantitative estimate of drug-likeness (QED) is 0.388. The highest BCUT2D eigenvalue weighted by molar-refractivity contribution is 6.06. The van der Waals surface area contributed by atoms with Gasteiger partial charge in [0.1, 0.15) is 11.5 Å². The van der Waals surface area contributed by atoms with E-state index in [-0.39, 0.29) is 0 Å². The van der Waals surface area contributed by atoms with Crippen molar-refractivity contribution >= 4 is 38.9 Å². The number of nitrogens with two attached hydrogens (primary N) is 1. The summed E-state index contributed by atoms with van der Waals surface area (Å²) in [5, 5.41) is 7.22. The van der Waals surface area contributed by atoms with Crippen molar-refractivity contribution in [2.24, 2.45) is 10.7 Å². The highest BCUT2D eigenvalue weighted by atomic mass is 16.5. The van der Waals surface area contributed by atoms with Gasteiger partial charge in [0.05, 0.1) is 19.9 Å². The summed E-state index contributed by atoms with van der Waals surface area (Å²) in [5.41, 5.74) is 7.89. The number of hydrogen-bond acceptors (Lipinski definition) is 3. The maximum Gasteiger partial charge on any atom is 0.198 e. The standard InChI is InChI=1S/C23H21N3O2/c1-27-21-13-11-19(15-7-3-5-9-17(15)21)25-23(24)26-20-12-14-22(28-2)18-10-6-4-8-16(18)20/h3-14H,1-2H3,(H3,24,25,26). The molecule has 3 N–H and O–H groups in total. The zero-order valence-electron chi connectivity index (χ0n) is 15.8. The van der Waals surface area contributed by atoms with Crippen molar-refractivity contribution < 1.29 is 9.47 Å². The summed E-state index contributed by atoms with van der Waals surface area (Å²) in [7, 11) is 3.33. The number of aliphatic imine (C=N–C) groups is 1. The number of nitrogens with zero attached hydrogens (tertiary/aromatic N) is 1. The van der Waals surface area contributed by atoms with E-state index < -0.39 is 0 Å². The van der Waals surface area contributed by atoms with Crippen LogP contribution >= 0.6 is 0 Å². The fourth-order valence-corrected chi connectivity index (χ4v) is 3.39. The molecule has 0 saturated carbocycles. The van der Waals surface area contributed by atoms with Gasteiger partial charge in [0.15, 0.2) is 5.96 Å². The zero-order valence-corrected chi connectivity index (χ0v) is 15.8. The lowest BCUT2D eigenvalue weighted by Crippen LogP contribution is -2.22. The SMILES string of the molecule is COc1ccc(N=C(N)Nc2ccc(OC)c3ccccc23)c2ccccc12. The minimum atomic E-state index is 0.311. The third-order valence-corrected chi connectivity index (χ3v) is 4.69. The van der Waals surface area contributed by atoms with Gasteiger partial charge in [0.25, 0.3) is 0 Å². The highest BCUT2D eigenvalue weighted by Crippen LogP contribution is 2.34. The lowest BCUT2D eigenvalue weighted by Gasteiger charge is -2.13. The first-order chi connectivity index (χ1) is 13.7. The third kappa shape index (κ3) is 3.18. The first kappa shape index (κ1) is 17.7. The third-order valence-electron chi connectivity index (χ3n) is 4.69. The van der Waals surface area contributed by atoms with Gasteiger partial charge in [-0.05, 0) is 24.3 Å². The van der Waals surface area contributed by atoms with Crippen LogP contribution in [-0.2, 0) is 0 Å². The van der Waals surface area contributed by atoms with Crippen LogP contribution in [0.2, 0.25) is 0 Å². The fourth-order valence-electron chi connectivity index (χ4n) is 3.39. The predicted octanol–water partition coefficient (Wildman–Crippen LogP) is 5.07. The van der Waals surface area contributed by atoms with Crippen molar-refractivity contribution in [2.75, 3.05) is 19.5 Å². The Morgan fingerprint density at radius 1 is 0.714 bits per heavy atom. The van der Waals surface area contributed by atoms with Crippen LogP contribution in [0.3, 0.4) is 0 Å². The summed E-state index contributed by atoms with van der Waals surface area (Å²) >= 11 is 0. The van der Waals surface area contributed by atoms with Crippen molar-refractivity contribution in [3.8, 4) is 11.5 Å². The molecule has 0 amide bonds. The number of methoxy groups -OCH3 is 2. The number of nitrogens with one attached hydrogen (secondary N) is 1. The number of benzene rings is 4. The number of fused-ring (bicyclic) bond motifs is 2. The van der Waals surface area contributed by atoms with Crippen molar-refractivity contribution in [1.29, 1.82) is 0 Å². The van der Waals surface area contributed by atoms with Crippen LogP contribution in [0.1, 0.15) is 0 Å². The molecule has 0 fully saturated rings. The minimum absolute atomic E-state index is 0.311. The molecular formula is C23H21N3O2. The molecular weight excluding hydrogens is 350 g/mol. The van der Waals surface area contributed by atoms with Gasteiger partial charge >= 0.3 is 0 Å². The van der Waals surface area contributed by atoms with E-state index in [4.69, 9.17) is 15.2 Å². The highest BCUT2D eigenvalue weighted by Gasteiger charge is 2.09. The number of hydrogen-bond donors (Lipinski definition) is 2. The van der Waals surface area contributed by atoms with Gasteiger partial charge in [-0.2, -0.15) is 0 Å². The first-order valence-corrected chi connectivity index (χ1v) is 8.94. The molecule has 4 aromatic rings. The Morgan fingerprint density at radius 3 is 1.89 bits per heavy atom. The van der Waals surface area contributed by atoms with E-state index in [0.29, 0.717) is 5.96 Å². The van der Waals surface area contributed by atoms with E-state index in [1.807, 2.05) is 72.8 Å². The second-order valence-corrected chi connectivity index (χ2v) is 6.32. The molecule has 5 heteroatoms. The van der Waals surface area contributed by atoms with Crippen LogP contribution in [-0.4, -0.2) is 20.2 Å². The van der Waals surface area contributed by atoms with Crippen molar-refractivity contribution in [3.63, 3.8) is 0 Å². The summed E-state index contributed by atoms with van der Waals surface area (Å²) < 4.78 is 10.9. The minimum Gasteiger partial charge on any atom is -0.496 e. The summed E-state index contributed by atoms with van der Waals surface area (Å²) in [6.45, 7) is 0. The monoisotopic (exact) mass is 371 g/mol. The Morgan fingerprint density at radius 2 is 1.25 bits per heavy atom. The largest absolute Gasteiger partial charge is 0.496 e. The van der Waals surface area contributed by atoms with Crippen molar-refractivity contribution in [2.45, 2.75) is 0 Å². The molecule has 0 aromatic heterocycles. The molecule has 0 saturated heterocycles. The molecule has 28 heavy (non-hydrogen) atoms. The van der Waals surface area contributed by atoms with Crippen molar-refractivity contribution in [3.05, 3.63) is 72.8 Å². The molecule has 0 aliphatic rings. The van der Waals surface area contributed by atoms with Gasteiger partial charge in [0.2, 0.25) is 0 Å². The first-order valence-electron chi connectivity index (χ1n) is 8.94. The number of guanidine groups is 1. The van der Waals surface area contributed by atoms with E-state index in [2.05, 4.69) is 10.3 Å². The normalized spacial score (nSPS) is 11.6. The Bertz CT molecular complexity index is 1190. The summed E-state index contributed by atoms with van der Waals surface area (Å²) in [4.78, 5) is 4.60. The summed E-state index contributed by atoms with van der Waals surface area (Å²) in [6.07, 6.45) is 0. The molecule has 140 valence electrons. The lowest BCUT2D eigenvalue weighted by atomic mass is 10.1. The van der Waals surface area contributed by atoms with Gasteiger partial charge in [0, 0.05) is 27.2 Å². The smallest absolute Gasteiger partial charge is 0.198 e. The summed E-state index contributed by atoms with van der Waals surface area (Å²) in [5.74, 6) is 1.94. The van der Waals surface area contributed by atoms with Gasteiger partial charge in [-0.1, -0.05) is 48.5 Å². The van der Waals surface area contributed by atoms with Crippen LogP contribution in [0, 0.1) is 0 Å². The van der Waals surface area contributed by atoms with E-state index in [1.165, 1.54) is 0 Å². The Kier molecular flexibility index (Phi) is 4.72. The zero-order chi connectivity index (χ0) is 19.5. The van der Waals surface area contributed by atoms with Gasteiger partial charge < -0.3 is 20.5 Å². The van der Waals surface area contributed by atoms with E-state index >= 15 is 0 Å². The van der Waals surface area contributed by atoms with E-state index in [0.717, 1.165) is 44.4 Å². The van der Waals surface area contributed by atoms with Crippen LogP contribution in [0.15, 0.2) is 77.8 Å². The predicted molar refractivity (Wildman–Crippen MR) is 116 cm³/mol. The molecule has 0 bridgehead atoms. The van der Waals surface area contributed by atoms with Crippen LogP contribution in [0.25, 0.3) is 21.5 Å². The second kappa shape index (κ2) is 7.48. The molecule has 5 nitrogen and oxygen atoms in total. The van der Waals surface area contributed by atoms with Gasteiger partial charge in [-0.25, -0.2) is 4.99 Å². The summed E-state index contributed by atoms with van der Waals surface area (Å²) in [6, 6.07) is 23.6. The number of rotatable bonds is 4. The Labute approximate surface area is 163 Å². The average Bonchev–Trinajstić information content (AvgIpc) is 2.74. The molecule has 0 atom stereocenters. The van der Waals surface area contributed by atoms with Gasteiger partial charge in [-0.15, -0.1) is 0 Å². The topological polar surface area (TPSA) is 68.9 Å². The average molecular weight is 371 g/mol. The number of ether oxygens (including phenoxy) is 2.